The van der Waals surface area contributed by atoms with Crippen LogP contribution in [-0.4, -0.2) is 100 Å². The van der Waals surface area contributed by atoms with Crippen molar-refractivity contribution in [3.05, 3.63) is 64.1 Å². The molecule has 4 aliphatic rings. The molecule has 254 valence electrons. The molecule has 0 unspecified atom stereocenters. The van der Waals surface area contributed by atoms with Crippen molar-refractivity contribution in [1.82, 2.24) is 24.3 Å². The number of benzene rings is 2. The van der Waals surface area contributed by atoms with E-state index in [0.717, 1.165) is 44.4 Å². The summed E-state index contributed by atoms with van der Waals surface area (Å²) in [6, 6.07) is 3.77. The van der Waals surface area contributed by atoms with Gasteiger partial charge in [0.15, 0.2) is 5.75 Å². The zero-order valence-electron chi connectivity index (χ0n) is 27.3. The van der Waals surface area contributed by atoms with Gasteiger partial charge in [-0.05, 0) is 77.4 Å². The monoisotopic (exact) mass is 680 g/mol. The summed E-state index contributed by atoms with van der Waals surface area (Å²) in [5.74, 6) is -1.11. The van der Waals surface area contributed by atoms with Gasteiger partial charge in [0.25, 0.3) is 0 Å². The van der Waals surface area contributed by atoms with Crippen LogP contribution in [0, 0.1) is 11.6 Å². The first kappa shape index (κ1) is 32.5. The lowest BCUT2D eigenvalue weighted by Crippen LogP contribution is -2.58. The highest BCUT2D eigenvalue weighted by molar-refractivity contribution is 6.35. The van der Waals surface area contributed by atoms with Crippen LogP contribution in [0.15, 0.2) is 41.7 Å². The van der Waals surface area contributed by atoms with Gasteiger partial charge in [0.1, 0.15) is 24.1 Å². The number of hydrogen-bond acceptors (Lipinski definition) is 7. The van der Waals surface area contributed by atoms with E-state index in [1.54, 1.807) is 15.5 Å². The number of anilines is 1. The maximum Gasteiger partial charge on any atom is 0.350 e. The molecule has 3 aromatic rings. The van der Waals surface area contributed by atoms with E-state index in [1.165, 1.54) is 12.1 Å². The molecule has 0 radical (unpaired) electrons. The van der Waals surface area contributed by atoms with Crippen LogP contribution < -0.4 is 15.3 Å². The van der Waals surface area contributed by atoms with Crippen molar-refractivity contribution >= 4 is 40.1 Å². The number of halogens is 3. The molecule has 3 fully saturated rings. The third kappa shape index (κ3) is 5.52. The minimum absolute atomic E-state index is 0.0198. The lowest BCUT2D eigenvalue weighted by atomic mass is 9.99. The van der Waals surface area contributed by atoms with E-state index < -0.39 is 23.4 Å². The van der Waals surface area contributed by atoms with E-state index in [0.29, 0.717) is 29.8 Å². The first-order valence-corrected chi connectivity index (χ1v) is 16.9. The highest BCUT2D eigenvalue weighted by atomic mass is 35.5. The second-order valence-corrected chi connectivity index (χ2v) is 13.9. The van der Waals surface area contributed by atoms with E-state index >= 15 is 4.39 Å². The van der Waals surface area contributed by atoms with Crippen molar-refractivity contribution in [2.24, 2.45) is 0 Å². The lowest BCUT2D eigenvalue weighted by Gasteiger charge is -2.45. The molecule has 4 atom stereocenters. The van der Waals surface area contributed by atoms with Crippen molar-refractivity contribution in [3.8, 4) is 16.9 Å². The van der Waals surface area contributed by atoms with Crippen LogP contribution in [0.1, 0.15) is 45.6 Å². The molecule has 4 heterocycles. The SMILES string of the molecule is C=CC(=O)N1C[C@H](C)N(c2nc(=O)n3c4c(c(-c5ccc(F)cc5F)c(Cl)cc24)OC[C@@H]3CN(C(=O)[C@@H]2CCCN2C)C2CC2)C[C@H]1C. The smallest absolute Gasteiger partial charge is 0.350 e. The fraction of sp³-hybridized carbons (Fsp3) is 0.486. The lowest BCUT2D eigenvalue weighted by molar-refractivity contribution is -0.137. The Labute approximate surface area is 282 Å². The van der Waals surface area contributed by atoms with Crippen LogP contribution in [0.3, 0.4) is 0 Å². The molecule has 7 rings (SSSR count). The van der Waals surface area contributed by atoms with Crippen molar-refractivity contribution in [3.63, 3.8) is 0 Å². The normalized spacial score (nSPS) is 24.1. The fourth-order valence-electron chi connectivity index (χ4n) is 7.65. The third-order valence-corrected chi connectivity index (χ3v) is 10.6. The van der Waals surface area contributed by atoms with E-state index in [-0.39, 0.29) is 71.0 Å². The predicted octanol–water partition coefficient (Wildman–Crippen LogP) is 4.63. The van der Waals surface area contributed by atoms with Gasteiger partial charge in [-0.15, -0.1) is 0 Å². The number of rotatable bonds is 7. The first-order chi connectivity index (χ1) is 23.0. The highest BCUT2D eigenvalue weighted by Crippen LogP contribution is 2.47. The second-order valence-electron chi connectivity index (χ2n) is 13.5. The Balaban J connectivity index is 1.38. The average molecular weight is 681 g/mol. The van der Waals surface area contributed by atoms with Crippen LogP contribution in [0.25, 0.3) is 22.0 Å². The second kappa shape index (κ2) is 12.5. The molecule has 3 aliphatic heterocycles. The Morgan fingerprint density at radius 2 is 1.92 bits per heavy atom. The molecule has 13 heteroatoms. The van der Waals surface area contributed by atoms with Gasteiger partial charge in [-0.3, -0.25) is 19.1 Å². The standard InChI is InChI=1S/C35H39ClF2N6O4/c1-5-29(45)41-15-20(3)42(16-19(41)2)33-25-14-26(36)30(24-11-8-21(37)13-27(24)38)32-31(25)44(35(47)39-33)23(18-48-32)17-43(22-9-10-22)34(46)28-7-6-12-40(28)4/h5,8,11,13-14,19-20,22-23,28H,1,6-7,9-10,12,15-18H2,2-4H3/t19-,20+,23+,28+/m1/s1. The number of amides is 2. The van der Waals surface area contributed by atoms with Gasteiger partial charge < -0.3 is 19.4 Å². The maximum atomic E-state index is 15.3. The van der Waals surface area contributed by atoms with E-state index in [4.69, 9.17) is 16.3 Å². The predicted molar refractivity (Wildman–Crippen MR) is 179 cm³/mol. The van der Waals surface area contributed by atoms with Gasteiger partial charge in [0, 0.05) is 60.3 Å². The zero-order chi connectivity index (χ0) is 34.0. The van der Waals surface area contributed by atoms with Crippen LogP contribution in [0.4, 0.5) is 14.6 Å². The summed E-state index contributed by atoms with van der Waals surface area (Å²) >= 11 is 6.91. The van der Waals surface area contributed by atoms with Crippen LogP contribution >= 0.6 is 11.6 Å². The van der Waals surface area contributed by atoms with Gasteiger partial charge in [-0.1, -0.05) is 18.2 Å². The minimum atomic E-state index is -0.821. The van der Waals surface area contributed by atoms with Gasteiger partial charge >= 0.3 is 5.69 Å². The number of carbonyl (C=O) groups is 2. The third-order valence-electron chi connectivity index (χ3n) is 10.3. The molecule has 0 spiro atoms. The number of nitrogens with zero attached hydrogens (tertiary/aromatic N) is 6. The summed E-state index contributed by atoms with van der Waals surface area (Å²) in [5.41, 5.74) is 0.0863. The average Bonchev–Trinajstić information content (AvgIpc) is 3.81. The van der Waals surface area contributed by atoms with Gasteiger partial charge in [-0.25, -0.2) is 13.6 Å². The summed E-state index contributed by atoms with van der Waals surface area (Å²) in [7, 11) is 1.96. The number of likely N-dealkylation sites (N-methyl/N-ethyl adjacent to an activating group) is 1. The Kier molecular flexibility index (Phi) is 8.43. The molecule has 2 aromatic carbocycles. The quantitative estimate of drug-likeness (QED) is 0.337. The first-order valence-electron chi connectivity index (χ1n) is 16.6. The minimum Gasteiger partial charge on any atom is -0.488 e. The molecule has 1 aromatic heterocycles. The molecule has 1 saturated carbocycles. The van der Waals surface area contributed by atoms with Crippen LogP contribution in [-0.2, 0) is 9.59 Å². The van der Waals surface area contributed by atoms with Crippen molar-refractivity contribution in [1.29, 1.82) is 0 Å². The summed E-state index contributed by atoms with van der Waals surface area (Å²) in [6.07, 6.45) is 4.82. The number of ether oxygens (including phenoxy) is 1. The molecule has 1 aliphatic carbocycles. The summed E-state index contributed by atoms with van der Waals surface area (Å²) < 4.78 is 37.3. The van der Waals surface area contributed by atoms with Crippen LogP contribution in [0.2, 0.25) is 5.02 Å². The summed E-state index contributed by atoms with van der Waals surface area (Å²) in [4.78, 5) is 53.0. The molecule has 0 bridgehead atoms. The van der Waals surface area contributed by atoms with Crippen molar-refractivity contribution in [2.75, 3.05) is 44.7 Å². The van der Waals surface area contributed by atoms with Gasteiger partial charge in [0.2, 0.25) is 11.8 Å². The molecular weight excluding hydrogens is 642 g/mol. The Hall–Kier alpha value is -4.03. The highest BCUT2D eigenvalue weighted by Gasteiger charge is 2.42. The Bertz CT molecular complexity index is 1880. The van der Waals surface area contributed by atoms with Gasteiger partial charge in [0.05, 0.1) is 22.6 Å². The number of carbonyl (C=O) groups excluding carboxylic acids is 2. The number of aromatic nitrogens is 2. The molecule has 2 saturated heterocycles. The van der Waals surface area contributed by atoms with Crippen molar-refractivity contribution < 1.29 is 23.1 Å². The van der Waals surface area contributed by atoms with E-state index in [1.807, 2.05) is 30.7 Å². The molecule has 10 nitrogen and oxygen atoms in total. The van der Waals surface area contributed by atoms with E-state index in [2.05, 4.69) is 16.5 Å². The largest absolute Gasteiger partial charge is 0.488 e. The summed E-state index contributed by atoms with van der Waals surface area (Å²) in [6.45, 7) is 9.39. The molecule has 48 heavy (non-hydrogen) atoms. The number of likely N-dealkylation sites (tertiary alicyclic amines) is 1. The number of hydrogen-bond donors (Lipinski definition) is 0. The maximum absolute atomic E-state index is 15.3. The van der Waals surface area contributed by atoms with Crippen LogP contribution in [0.5, 0.6) is 5.75 Å². The van der Waals surface area contributed by atoms with Crippen molar-refractivity contribution in [2.45, 2.75) is 69.7 Å². The number of piperazine rings is 1. The fourth-order valence-corrected chi connectivity index (χ4v) is 7.94. The Morgan fingerprint density at radius 3 is 2.58 bits per heavy atom. The zero-order valence-corrected chi connectivity index (χ0v) is 28.1. The Morgan fingerprint density at radius 1 is 1.15 bits per heavy atom. The summed E-state index contributed by atoms with van der Waals surface area (Å²) in [5, 5.41) is 0.669. The van der Waals surface area contributed by atoms with Gasteiger partial charge in [-0.2, -0.15) is 4.98 Å². The molecule has 0 N–H and O–H groups in total. The van der Waals surface area contributed by atoms with E-state index in [9.17, 15) is 18.8 Å². The molecular formula is C35H39ClF2N6O4. The molecule has 2 amide bonds. The topological polar surface area (TPSA) is 91.2 Å².